The Morgan fingerprint density at radius 1 is 0.912 bits per heavy atom. The van der Waals surface area contributed by atoms with Gasteiger partial charge in [0.05, 0.1) is 23.3 Å². The van der Waals surface area contributed by atoms with E-state index in [1.807, 2.05) is 29.6 Å². The summed E-state index contributed by atoms with van der Waals surface area (Å²) in [5.41, 5.74) is 3.17. The minimum Gasteiger partial charge on any atom is -0.485 e. The van der Waals surface area contributed by atoms with Crippen LogP contribution in [0.2, 0.25) is 0 Å². The second-order valence-corrected chi connectivity index (χ2v) is 10.4. The van der Waals surface area contributed by atoms with Crippen molar-refractivity contribution in [1.82, 2.24) is 20.2 Å². The molecule has 6 nitrogen and oxygen atoms in total. The van der Waals surface area contributed by atoms with Crippen molar-refractivity contribution in [3.05, 3.63) is 88.3 Å². The van der Waals surface area contributed by atoms with Gasteiger partial charge in [0.15, 0.2) is 0 Å². The highest BCUT2D eigenvalue weighted by Gasteiger charge is 2.34. The SMILES string of the molecule is CC(C)[C@@](C)(c1ccc(-c2ccc(C(C)(C)O)nn2)cc1)c1ccc(OCc2nccs2)cn1. The van der Waals surface area contributed by atoms with Crippen LogP contribution in [0.15, 0.2) is 66.3 Å². The number of aromatic nitrogens is 4. The molecule has 0 unspecified atom stereocenters. The van der Waals surface area contributed by atoms with Gasteiger partial charge < -0.3 is 9.84 Å². The zero-order valence-corrected chi connectivity index (χ0v) is 21.0. The minimum atomic E-state index is -1.01. The zero-order valence-electron chi connectivity index (χ0n) is 20.2. The van der Waals surface area contributed by atoms with Crippen molar-refractivity contribution in [3.63, 3.8) is 0 Å². The molecule has 0 bridgehead atoms. The van der Waals surface area contributed by atoms with Crippen LogP contribution in [0, 0.1) is 5.92 Å². The molecule has 0 saturated heterocycles. The Bertz CT molecular complexity index is 1200. The largest absolute Gasteiger partial charge is 0.485 e. The summed E-state index contributed by atoms with van der Waals surface area (Å²) in [6.45, 7) is 10.5. The summed E-state index contributed by atoms with van der Waals surface area (Å²) in [5, 5.41) is 21.5. The number of aliphatic hydroxyl groups is 1. The standard InChI is InChI=1S/C27H30N4O2S/c1-18(2)27(5,24-12-10-21(16-29-24)33-17-25-28-14-15-34-25)20-8-6-19(7-9-20)22-11-13-23(31-30-22)26(3,4)32/h6-16,18,32H,17H2,1-5H3/t27-/m0/s1. The third kappa shape index (κ3) is 5.00. The fourth-order valence-corrected chi connectivity index (χ4v) is 4.35. The van der Waals surface area contributed by atoms with Crippen LogP contribution in [0.4, 0.5) is 0 Å². The molecular weight excluding hydrogens is 444 g/mol. The highest BCUT2D eigenvalue weighted by atomic mass is 32.1. The Balaban J connectivity index is 1.55. The van der Waals surface area contributed by atoms with E-state index >= 15 is 0 Å². The van der Waals surface area contributed by atoms with Gasteiger partial charge in [0.2, 0.25) is 0 Å². The summed E-state index contributed by atoms with van der Waals surface area (Å²) in [6.07, 6.45) is 3.57. The van der Waals surface area contributed by atoms with Gasteiger partial charge >= 0.3 is 0 Å². The molecule has 0 radical (unpaired) electrons. The van der Waals surface area contributed by atoms with E-state index in [1.165, 1.54) is 5.56 Å². The predicted molar refractivity (Wildman–Crippen MR) is 135 cm³/mol. The number of benzene rings is 1. The number of ether oxygens (including phenoxy) is 1. The molecule has 0 saturated carbocycles. The highest BCUT2D eigenvalue weighted by molar-refractivity contribution is 7.09. The fraction of sp³-hybridized carbons (Fsp3) is 0.333. The molecule has 3 heterocycles. The molecule has 7 heteroatoms. The van der Waals surface area contributed by atoms with Crippen molar-refractivity contribution in [2.75, 3.05) is 0 Å². The first-order valence-electron chi connectivity index (χ1n) is 11.3. The van der Waals surface area contributed by atoms with Crippen LogP contribution >= 0.6 is 11.3 Å². The average Bonchev–Trinajstić information content (AvgIpc) is 3.36. The normalized spacial score (nSPS) is 13.6. The molecule has 4 aromatic rings. The summed E-state index contributed by atoms with van der Waals surface area (Å²) in [7, 11) is 0. The van der Waals surface area contributed by atoms with Crippen LogP contribution in [0.3, 0.4) is 0 Å². The van der Waals surface area contributed by atoms with Gasteiger partial charge in [-0.2, -0.15) is 10.2 Å². The number of pyridine rings is 1. The van der Waals surface area contributed by atoms with E-state index < -0.39 is 5.60 Å². The molecule has 0 amide bonds. The van der Waals surface area contributed by atoms with Gasteiger partial charge in [-0.25, -0.2) is 4.98 Å². The molecule has 4 rings (SSSR count). The lowest BCUT2D eigenvalue weighted by molar-refractivity contribution is 0.0729. The molecule has 1 aromatic carbocycles. The van der Waals surface area contributed by atoms with Crippen molar-refractivity contribution in [1.29, 1.82) is 0 Å². The van der Waals surface area contributed by atoms with Gasteiger partial charge in [-0.3, -0.25) is 4.98 Å². The quantitative estimate of drug-likeness (QED) is 0.349. The Morgan fingerprint density at radius 2 is 1.65 bits per heavy atom. The van der Waals surface area contributed by atoms with Crippen LogP contribution in [0.5, 0.6) is 5.75 Å². The van der Waals surface area contributed by atoms with E-state index in [4.69, 9.17) is 9.72 Å². The summed E-state index contributed by atoms with van der Waals surface area (Å²) in [5.74, 6) is 1.05. The summed E-state index contributed by atoms with van der Waals surface area (Å²) < 4.78 is 5.84. The molecular formula is C27H30N4O2S. The number of hydrogen-bond acceptors (Lipinski definition) is 7. The molecule has 0 aliphatic heterocycles. The number of thiazole rings is 1. The Morgan fingerprint density at radius 3 is 2.18 bits per heavy atom. The van der Waals surface area contributed by atoms with Gasteiger partial charge in [-0.05, 0) is 56.5 Å². The maximum atomic E-state index is 10.1. The second-order valence-electron chi connectivity index (χ2n) is 9.39. The van der Waals surface area contributed by atoms with E-state index in [1.54, 1.807) is 37.6 Å². The van der Waals surface area contributed by atoms with Crippen LogP contribution in [-0.2, 0) is 17.6 Å². The molecule has 0 aliphatic carbocycles. The van der Waals surface area contributed by atoms with E-state index in [9.17, 15) is 5.11 Å². The zero-order chi connectivity index (χ0) is 24.3. The first-order chi connectivity index (χ1) is 16.2. The van der Waals surface area contributed by atoms with Crippen molar-refractivity contribution in [2.45, 2.75) is 52.2 Å². The molecule has 3 aromatic heterocycles. The lowest BCUT2D eigenvalue weighted by atomic mass is 9.70. The molecule has 0 spiro atoms. The van der Waals surface area contributed by atoms with Crippen LogP contribution in [-0.4, -0.2) is 25.3 Å². The van der Waals surface area contributed by atoms with Gasteiger partial charge in [-0.1, -0.05) is 38.1 Å². The molecule has 1 atom stereocenters. The van der Waals surface area contributed by atoms with Crippen LogP contribution in [0.1, 0.15) is 56.6 Å². The molecule has 1 N–H and O–H groups in total. The maximum Gasteiger partial charge on any atom is 0.140 e. The summed E-state index contributed by atoms with van der Waals surface area (Å²) >= 11 is 1.58. The topological polar surface area (TPSA) is 81.0 Å². The Hall–Kier alpha value is -3.16. The maximum absolute atomic E-state index is 10.1. The second kappa shape index (κ2) is 9.60. The highest BCUT2D eigenvalue weighted by Crippen LogP contribution is 2.39. The van der Waals surface area contributed by atoms with Crippen molar-refractivity contribution in [3.8, 4) is 17.0 Å². The third-order valence-electron chi connectivity index (χ3n) is 6.34. The van der Waals surface area contributed by atoms with E-state index in [2.05, 4.69) is 60.2 Å². The molecule has 0 aliphatic rings. The van der Waals surface area contributed by atoms with Gasteiger partial charge in [-0.15, -0.1) is 11.3 Å². The third-order valence-corrected chi connectivity index (χ3v) is 7.09. The first-order valence-corrected chi connectivity index (χ1v) is 12.2. The van der Waals surface area contributed by atoms with Crippen LogP contribution in [0.25, 0.3) is 11.3 Å². The summed E-state index contributed by atoms with van der Waals surface area (Å²) in [4.78, 5) is 9.02. The average molecular weight is 475 g/mol. The molecule has 176 valence electrons. The van der Waals surface area contributed by atoms with Gasteiger partial charge in [0.25, 0.3) is 0 Å². The Labute approximate surface area is 204 Å². The lowest BCUT2D eigenvalue weighted by Gasteiger charge is -2.34. The lowest BCUT2D eigenvalue weighted by Crippen LogP contribution is -2.31. The van der Waals surface area contributed by atoms with E-state index in [0.29, 0.717) is 18.2 Å². The van der Waals surface area contributed by atoms with Crippen molar-refractivity contribution in [2.24, 2.45) is 5.92 Å². The van der Waals surface area contributed by atoms with Crippen LogP contribution < -0.4 is 4.74 Å². The van der Waals surface area contributed by atoms with Crippen molar-refractivity contribution < 1.29 is 9.84 Å². The predicted octanol–water partition coefficient (Wildman–Crippen LogP) is 5.76. The number of nitrogens with zero attached hydrogens (tertiary/aromatic N) is 4. The fourth-order valence-electron chi connectivity index (χ4n) is 3.82. The van der Waals surface area contributed by atoms with Gasteiger partial charge in [0.1, 0.15) is 23.0 Å². The Kier molecular flexibility index (Phi) is 6.77. The van der Waals surface area contributed by atoms with E-state index in [0.717, 1.165) is 27.7 Å². The smallest absolute Gasteiger partial charge is 0.140 e. The first kappa shape index (κ1) is 24.0. The molecule has 34 heavy (non-hydrogen) atoms. The van der Waals surface area contributed by atoms with Crippen molar-refractivity contribution >= 4 is 11.3 Å². The van der Waals surface area contributed by atoms with E-state index in [-0.39, 0.29) is 5.41 Å². The summed E-state index contributed by atoms with van der Waals surface area (Å²) in [6, 6.07) is 16.1. The molecule has 0 fully saturated rings. The monoisotopic (exact) mass is 474 g/mol. The number of hydrogen-bond donors (Lipinski definition) is 1. The minimum absolute atomic E-state index is 0.275. The van der Waals surface area contributed by atoms with Gasteiger partial charge in [0, 0.05) is 22.6 Å². The number of rotatable bonds is 8.